The van der Waals surface area contributed by atoms with Crippen molar-refractivity contribution in [2.45, 2.75) is 32.5 Å². The number of benzene rings is 2. The third-order valence-electron chi connectivity index (χ3n) is 3.29. The van der Waals surface area contributed by atoms with Gasteiger partial charge in [0.15, 0.2) is 0 Å². The lowest BCUT2D eigenvalue weighted by molar-refractivity contribution is 0.121. The Morgan fingerprint density at radius 1 is 0.739 bits per heavy atom. The zero-order chi connectivity index (χ0) is 16.7. The predicted molar refractivity (Wildman–Crippen MR) is 90.0 cm³/mol. The van der Waals surface area contributed by atoms with Gasteiger partial charge in [-0.25, -0.2) is 0 Å². The molecule has 2 atom stereocenters. The molecule has 4 heteroatoms. The molecule has 0 saturated carbocycles. The van der Waals surface area contributed by atoms with Gasteiger partial charge in [-0.15, -0.1) is 0 Å². The molecule has 2 N–H and O–H groups in total. The van der Waals surface area contributed by atoms with E-state index in [0.717, 1.165) is 22.6 Å². The number of rotatable bonds is 8. The summed E-state index contributed by atoms with van der Waals surface area (Å²) in [5.41, 5.74) is 2.06. The van der Waals surface area contributed by atoms with E-state index in [9.17, 15) is 10.2 Å². The van der Waals surface area contributed by atoms with Crippen LogP contribution in [0.3, 0.4) is 0 Å². The van der Waals surface area contributed by atoms with Crippen LogP contribution >= 0.6 is 0 Å². The van der Waals surface area contributed by atoms with Crippen LogP contribution in [0.4, 0.5) is 0 Å². The maximum Gasteiger partial charge on any atom is 0.122 e. The maximum absolute atomic E-state index is 9.39. The van der Waals surface area contributed by atoms with Gasteiger partial charge in [0, 0.05) is 6.42 Å². The van der Waals surface area contributed by atoms with Crippen LogP contribution in [-0.4, -0.2) is 35.6 Å². The van der Waals surface area contributed by atoms with Crippen LogP contribution in [0.1, 0.15) is 25.0 Å². The monoisotopic (exact) mass is 316 g/mol. The van der Waals surface area contributed by atoms with Crippen LogP contribution in [0.15, 0.2) is 48.5 Å². The van der Waals surface area contributed by atoms with Crippen molar-refractivity contribution in [2.24, 2.45) is 0 Å². The Labute approximate surface area is 137 Å². The van der Waals surface area contributed by atoms with Crippen molar-refractivity contribution in [2.75, 3.05) is 13.2 Å². The first-order valence-electron chi connectivity index (χ1n) is 7.84. The second-order valence-corrected chi connectivity index (χ2v) is 5.71. The van der Waals surface area contributed by atoms with Crippen molar-refractivity contribution < 1.29 is 19.7 Å². The largest absolute Gasteiger partial charge is 0.491 e. The van der Waals surface area contributed by atoms with Gasteiger partial charge in [-0.05, 0) is 37.1 Å². The minimum Gasteiger partial charge on any atom is -0.491 e. The zero-order valence-electron chi connectivity index (χ0n) is 13.6. The molecule has 0 fully saturated rings. The highest BCUT2D eigenvalue weighted by molar-refractivity contribution is 5.42. The number of hydrogen-bond acceptors (Lipinski definition) is 4. The third kappa shape index (κ3) is 5.58. The molecule has 0 aromatic heterocycles. The molecule has 0 aliphatic carbocycles. The molecule has 0 saturated heterocycles. The van der Waals surface area contributed by atoms with Crippen molar-refractivity contribution in [1.82, 2.24) is 0 Å². The molecule has 0 heterocycles. The summed E-state index contributed by atoms with van der Waals surface area (Å²) in [5.74, 6) is 1.53. The van der Waals surface area contributed by atoms with Crippen LogP contribution < -0.4 is 9.47 Å². The van der Waals surface area contributed by atoms with E-state index in [2.05, 4.69) is 0 Å². The molecule has 2 rings (SSSR count). The summed E-state index contributed by atoms with van der Waals surface area (Å²) >= 11 is 0. The highest BCUT2D eigenvalue weighted by Gasteiger charge is 2.10. The highest BCUT2D eigenvalue weighted by atomic mass is 16.5. The van der Waals surface area contributed by atoms with Gasteiger partial charge in [-0.1, -0.05) is 36.4 Å². The Morgan fingerprint density at radius 2 is 1.13 bits per heavy atom. The highest BCUT2D eigenvalue weighted by Crippen LogP contribution is 2.26. The number of ether oxygens (including phenoxy) is 2. The molecule has 2 aromatic carbocycles. The van der Waals surface area contributed by atoms with E-state index >= 15 is 0 Å². The van der Waals surface area contributed by atoms with Gasteiger partial charge in [0.05, 0.1) is 12.2 Å². The Balaban J connectivity index is 2.16. The van der Waals surface area contributed by atoms with Crippen molar-refractivity contribution in [3.8, 4) is 11.5 Å². The van der Waals surface area contributed by atoms with E-state index in [4.69, 9.17) is 9.47 Å². The fraction of sp³-hybridized carbons (Fsp3) is 0.368. The second kappa shape index (κ2) is 8.56. The molecule has 0 spiro atoms. The third-order valence-corrected chi connectivity index (χ3v) is 3.29. The van der Waals surface area contributed by atoms with Crippen molar-refractivity contribution in [3.05, 3.63) is 59.7 Å². The first-order chi connectivity index (χ1) is 11.1. The van der Waals surface area contributed by atoms with Crippen LogP contribution in [0.25, 0.3) is 0 Å². The van der Waals surface area contributed by atoms with E-state index in [1.165, 1.54) is 0 Å². The summed E-state index contributed by atoms with van der Waals surface area (Å²) in [6.45, 7) is 3.91. The van der Waals surface area contributed by atoms with E-state index in [-0.39, 0.29) is 13.2 Å². The van der Waals surface area contributed by atoms with E-state index < -0.39 is 12.2 Å². The van der Waals surface area contributed by atoms with Crippen molar-refractivity contribution in [1.29, 1.82) is 0 Å². The summed E-state index contributed by atoms with van der Waals surface area (Å²) in [4.78, 5) is 0. The Kier molecular flexibility index (Phi) is 6.44. The topological polar surface area (TPSA) is 58.9 Å². The van der Waals surface area contributed by atoms with E-state index in [0.29, 0.717) is 6.42 Å². The van der Waals surface area contributed by atoms with Crippen molar-refractivity contribution >= 4 is 0 Å². The number of aliphatic hydroxyl groups excluding tert-OH is 2. The number of aliphatic hydroxyl groups is 2. The Morgan fingerprint density at radius 3 is 1.52 bits per heavy atom. The van der Waals surface area contributed by atoms with Gasteiger partial charge in [-0.2, -0.15) is 0 Å². The second-order valence-electron chi connectivity index (χ2n) is 5.71. The van der Waals surface area contributed by atoms with Crippen LogP contribution in [0, 0.1) is 0 Å². The van der Waals surface area contributed by atoms with Gasteiger partial charge in [0.25, 0.3) is 0 Å². The predicted octanol–water partition coefficient (Wildman–Crippen LogP) is 2.80. The minimum atomic E-state index is -0.510. The van der Waals surface area contributed by atoms with Gasteiger partial charge < -0.3 is 19.7 Å². The minimum absolute atomic E-state index is 0.261. The Hall–Kier alpha value is -2.04. The number of para-hydroxylation sites is 2. The first-order valence-corrected chi connectivity index (χ1v) is 7.84. The standard InChI is InChI=1S/C19H24O4/c1-14(20)12-22-18-9-5-3-7-16(18)11-17-8-4-6-10-19(17)23-13-15(2)21/h3-10,14-15,20-21H,11-13H2,1-2H3. The van der Waals surface area contributed by atoms with Gasteiger partial charge >= 0.3 is 0 Å². The molecule has 0 aliphatic rings. The van der Waals surface area contributed by atoms with Crippen LogP contribution in [-0.2, 0) is 6.42 Å². The average Bonchev–Trinajstić information content (AvgIpc) is 2.53. The molecule has 0 bridgehead atoms. The molecule has 2 unspecified atom stereocenters. The summed E-state index contributed by atoms with van der Waals surface area (Å²) in [6.07, 6.45) is -0.360. The SMILES string of the molecule is CC(O)COc1ccccc1Cc1ccccc1OCC(C)O. The fourth-order valence-electron chi connectivity index (χ4n) is 2.21. The molecule has 23 heavy (non-hydrogen) atoms. The van der Waals surface area contributed by atoms with E-state index in [1.807, 2.05) is 48.5 Å². The lowest BCUT2D eigenvalue weighted by Gasteiger charge is -2.15. The molecule has 124 valence electrons. The molecule has 0 amide bonds. The Bertz CT molecular complexity index is 554. The molecule has 2 aromatic rings. The smallest absolute Gasteiger partial charge is 0.122 e. The van der Waals surface area contributed by atoms with Gasteiger partial charge in [-0.3, -0.25) is 0 Å². The van der Waals surface area contributed by atoms with Crippen LogP contribution in [0.2, 0.25) is 0 Å². The molecule has 0 radical (unpaired) electrons. The van der Waals surface area contributed by atoms with E-state index in [1.54, 1.807) is 13.8 Å². The van der Waals surface area contributed by atoms with Crippen LogP contribution in [0.5, 0.6) is 11.5 Å². The number of hydrogen-bond donors (Lipinski definition) is 2. The quantitative estimate of drug-likeness (QED) is 0.786. The van der Waals surface area contributed by atoms with Crippen molar-refractivity contribution in [3.63, 3.8) is 0 Å². The summed E-state index contributed by atoms with van der Waals surface area (Å²) < 4.78 is 11.4. The normalized spacial score (nSPS) is 13.4. The van der Waals surface area contributed by atoms with Gasteiger partial charge in [0.2, 0.25) is 0 Å². The average molecular weight is 316 g/mol. The first kappa shape index (κ1) is 17.3. The van der Waals surface area contributed by atoms with Gasteiger partial charge in [0.1, 0.15) is 24.7 Å². The molecular weight excluding hydrogens is 292 g/mol. The summed E-state index contributed by atoms with van der Waals surface area (Å²) in [6, 6.07) is 15.6. The zero-order valence-corrected chi connectivity index (χ0v) is 13.6. The fourth-order valence-corrected chi connectivity index (χ4v) is 2.21. The summed E-state index contributed by atoms with van der Waals surface area (Å²) in [5, 5.41) is 18.8. The molecule has 4 nitrogen and oxygen atoms in total. The maximum atomic E-state index is 9.39. The summed E-state index contributed by atoms with van der Waals surface area (Å²) in [7, 11) is 0. The molecule has 0 aliphatic heterocycles. The lowest BCUT2D eigenvalue weighted by Crippen LogP contribution is -2.14. The lowest BCUT2D eigenvalue weighted by atomic mass is 10.0. The molecular formula is C19H24O4.